The topological polar surface area (TPSA) is 65.5 Å². The lowest BCUT2D eigenvalue weighted by atomic mass is 10.4. The molecule has 2 rings (SSSR count). The quantitative estimate of drug-likeness (QED) is 0.390. The molecular formula is C16H22N4OS2. The highest BCUT2D eigenvalue weighted by Crippen LogP contribution is 2.09. The summed E-state index contributed by atoms with van der Waals surface area (Å²) < 4.78 is 0. The molecular weight excluding hydrogens is 328 g/mol. The van der Waals surface area contributed by atoms with Crippen molar-refractivity contribution in [3.63, 3.8) is 0 Å². The van der Waals surface area contributed by atoms with Crippen molar-refractivity contribution in [1.29, 1.82) is 0 Å². The van der Waals surface area contributed by atoms with E-state index < -0.39 is 0 Å². The van der Waals surface area contributed by atoms with Crippen LogP contribution in [0.5, 0.6) is 0 Å². The van der Waals surface area contributed by atoms with Crippen LogP contribution in [0.25, 0.3) is 0 Å². The van der Waals surface area contributed by atoms with Gasteiger partial charge in [0.15, 0.2) is 5.96 Å². The summed E-state index contributed by atoms with van der Waals surface area (Å²) in [6, 6.07) is 7.83. The number of hydrogen-bond acceptors (Lipinski definition) is 4. The van der Waals surface area contributed by atoms with E-state index in [-0.39, 0.29) is 5.91 Å². The van der Waals surface area contributed by atoms with Gasteiger partial charge in [0, 0.05) is 24.5 Å². The summed E-state index contributed by atoms with van der Waals surface area (Å²) in [5.41, 5.74) is 0. The molecule has 0 saturated carbocycles. The number of nitrogens with zero attached hydrogens (tertiary/aromatic N) is 1. The second-order valence-electron chi connectivity index (χ2n) is 4.79. The first-order valence-electron chi connectivity index (χ1n) is 7.66. The van der Waals surface area contributed by atoms with Gasteiger partial charge in [-0.2, -0.15) is 0 Å². The Morgan fingerprint density at radius 3 is 2.57 bits per heavy atom. The Hall–Kier alpha value is -1.86. The summed E-state index contributed by atoms with van der Waals surface area (Å²) in [7, 11) is 0. The Kier molecular flexibility index (Phi) is 7.62. The zero-order chi connectivity index (χ0) is 16.3. The van der Waals surface area contributed by atoms with Crippen molar-refractivity contribution in [3.8, 4) is 0 Å². The molecule has 0 aliphatic carbocycles. The van der Waals surface area contributed by atoms with Crippen LogP contribution in [-0.4, -0.2) is 31.5 Å². The second kappa shape index (κ2) is 10.0. The summed E-state index contributed by atoms with van der Waals surface area (Å²) in [5.74, 6) is 0.809. The highest BCUT2D eigenvalue weighted by Gasteiger charge is 2.04. The van der Waals surface area contributed by atoms with E-state index in [1.807, 2.05) is 30.5 Å². The maximum absolute atomic E-state index is 11.8. The van der Waals surface area contributed by atoms with Crippen LogP contribution < -0.4 is 16.0 Å². The molecule has 0 unspecified atom stereocenters. The van der Waals surface area contributed by atoms with Crippen LogP contribution in [0.3, 0.4) is 0 Å². The van der Waals surface area contributed by atoms with Gasteiger partial charge in [-0.3, -0.25) is 4.79 Å². The first-order chi connectivity index (χ1) is 11.3. The van der Waals surface area contributed by atoms with Crippen molar-refractivity contribution in [3.05, 3.63) is 44.8 Å². The zero-order valence-corrected chi connectivity index (χ0v) is 14.8. The molecule has 2 aromatic heterocycles. The summed E-state index contributed by atoms with van der Waals surface area (Å²) in [4.78, 5) is 18.3. The molecule has 0 saturated heterocycles. The minimum atomic E-state index is -0.00160. The number of aliphatic imine (C=N–C) groups is 1. The van der Waals surface area contributed by atoms with Crippen molar-refractivity contribution >= 4 is 34.5 Å². The molecule has 0 aliphatic heterocycles. The molecule has 2 heterocycles. The molecule has 1 amide bonds. The van der Waals surface area contributed by atoms with Gasteiger partial charge >= 0.3 is 0 Å². The van der Waals surface area contributed by atoms with Crippen LogP contribution in [0.2, 0.25) is 0 Å². The smallest absolute Gasteiger partial charge is 0.261 e. The van der Waals surface area contributed by atoms with Crippen molar-refractivity contribution in [1.82, 2.24) is 16.0 Å². The van der Waals surface area contributed by atoms with Crippen molar-refractivity contribution in [2.24, 2.45) is 4.99 Å². The Morgan fingerprint density at radius 2 is 1.87 bits per heavy atom. The first kappa shape index (κ1) is 17.5. The molecule has 3 N–H and O–H groups in total. The molecule has 23 heavy (non-hydrogen) atoms. The number of amides is 1. The Labute approximate surface area is 144 Å². The van der Waals surface area contributed by atoms with Gasteiger partial charge in [-0.15, -0.1) is 22.7 Å². The molecule has 0 aliphatic rings. The average molecular weight is 351 g/mol. The number of hydrogen-bond donors (Lipinski definition) is 3. The fraction of sp³-hybridized carbons (Fsp3) is 0.375. The molecule has 0 atom stereocenters. The SMILES string of the molecule is CCNC(=NCc1cccs1)NCCCNC(=O)c1cccs1. The van der Waals surface area contributed by atoms with Gasteiger partial charge in [0.25, 0.3) is 5.91 Å². The maximum Gasteiger partial charge on any atom is 0.261 e. The molecule has 0 fully saturated rings. The van der Waals surface area contributed by atoms with Gasteiger partial charge in [-0.25, -0.2) is 4.99 Å². The third kappa shape index (κ3) is 6.42. The third-order valence-electron chi connectivity index (χ3n) is 2.99. The summed E-state index contributed by atoms with van der Waals surface area (Å²) >= 11 is 3.16. The van der Waals surface area contributed by atoms with Gasteiger partial charge in [-0.1, -0.05) is 12.1 Å². The molecule has 2 aromatic rings. The molecule has 124 valence electrons. The van der Waals surface area contributed by atoms with Crippen LogP contribution in [0.4, 0.5) is 0 Å². The highest BCUT2D eigenvalue weighted by molar-refractivity contribution is 7.12. The van der Waals surface area contributed by atoms with Crippen LogP contribution >= 0.6 is 22.7 Å². The number of carbonyl (C=O) groups is 1. The van der Waals surface area contributed by atoms with E-state index in [0.29, 0.717) is 13.1 Å². The van der Waals surface area contributed by atoms with Crippen LogP contribution in [0, 0.1) is 0 Å². The minimum absolute atomic E-state index is 0.00160. The van der Waals surface area contributed by atoms with Crippen LogP contribution in [-0.2, 0) is 6.54 Å². The Balaban J connectivity index is 1.65. The Morgan fingerprint density at radius 1 is 1.09 bits per heavy atom. The number of guanidine groups is 1. The zero-order valence-electron chi connectivity index (χ0n) is 13.2. The van der Waals surface area contributed by atoms with E-state index in [9.17, 15) is 4.79 Å². The van der Waals surface area contributed by atoms with Gasteiger partial charge in [0.2, 0.25) is 0 Å². The monoisotopic (exact) mass is 350 g/mol. The predicted octanol–water partition coefficient (Wildman–Crippen LogP) is 2.68. The van der Waals surface area contributed by atoms with Gasteiger partial charge in [-0.05, 0) is 36.2 Å². The lowest BCUT2D eigenvalue weighted by Gasteiger charge is -2.11. The van der Waals surface area contributed by atoms with Crippen molar-refractivity contribution < 1.29 is 4.79 Å². The maximum atomic E-state index is 11.8. The van der Waals surface area contributed by atoms with Gasteiger partial charge < -0.3 is 16.0 Å². The third-order valence-corrected chi connectivity index (χ3v) is 4.72. The lowest BCUT2D eigenvalue weighted by Crippen LogP contribution is -2.38. The average Bonchev–Trinajstić information content (AvgIpc) is 3.25. The van der Waals surface area contributed by atoms with Crippen molar-refractivity contribution in [2.45, 2.75) is 19.9 Å². The van der Waals surface area contributed by atoms with Crippen molar-refractivity contribution in [2.75, 3.05) is 19.6 Å². The molecule has 0 radical (unpaired) electrons. The normalized spacial score (nSPS) is 11.3. The fourth-order valence-electron chi connectivity index (χ4n) is 1.89. The van der Waals surface area contributed by atoms with E-state index in [1.54, 1.807) is 11.3 Å². The number of carbonyl (C=O) groups excluding carboxylic acids is 1. The van der Waals surface area contributed by atoms with E-state index >= 15 is 0 Å². The standard InChI is InChI=1S/C16H22N4OS2/c1-2-17-16(20-12-13-6-3-10-22-13)19-9-5-8-18-15(21)14-7-4-11-23-14/h3-4,6-7,10-11H,2,5,8-9,12H2,1H3,(H,18,21)(H2,17,19,20). The highest BCUT2D eigenvalue weighted by atomic mass is 32.1. The Bertz CT molecular complexity index is 594. The minimum Gasteiger partial charge on any atom is -0.357 e. The fourth-order valence-corrected chi connectivity index (χ4v) is 3.16. The van der Waals surface area contributed by atoms with E-state index in [4.69, 9.17) is 0 Å². The summed E-state index contributed by atoms with van der Waals surface area (Å²) in [6.07, 6.45) is 0.848. The van der Waals surface area contributed by atoms with Gasteiger partial charge in [0.05, 0.1) is 11.4 Å². The lowest BCUT2D eigenvalue weighted by molar-refractivity contribution is 0.0957. The first-order valence-corrected chi connectivity index (χ1v) is 9.41. The molecule has 5 nitrogen and oxygen atoms in total. The number of rotatable bonds is 8. The summed E-state index contributed by atoms with van der Waals surface area (Å²) in [6.45, 7) is 4.96. The van der Waals surface area contributed by atoms with E-state index in [0.717, 1.165) is 30.3 Å². The molecule has 0 aromatic carbocycles. The molecule has 0 bridgehead atoms. The number of thiophene rings is 2. The predicted molar refractivity (Wildman–Crippen MR) is 98.4 cm³/mol. The molecule has 0 spiro atoms. The largest absolute Gasteiger partial charge is 0.357 e. The van der Waals surface area contributed by atoms with Gasteiger partial charge in [0.1, 0.15) is 0 Å². The summed E-state index contributed by atoms with van der Waals surface area (Å²) in [5, 5.41) is 13.4. The van der Waals surface area contributed by atoms with E-state index in [1.165, 1.54) is 16.2 Å². The van der Waals surface area contributed by atoms with Crippen LogP contribution in [0.15, 0.2) is 40.0 Å². The number of nitrogens with one attached hydrogen (secondary N) is 3. The van der Waals surface area contributed by atoms with Crippen LogP contribution in [0.1, 0.15) is 27.9 Å². The second-order valence-corrected chi connectivity index (χ2v) is 6.77. The van der Waals surface area contributed by atoms with E-state index in [2.05, 4.69) is 32.4 Å². The molecule has 7 heteroatoms.